The number of sulfonamides is 1. The fraction of sp³-hybridized carbons (Fsp3) is 0.0625. The predicted molar refractivity (Wildman–Crippen MR) is 85.0 cm³/mol. The molecule has 0 radical (unpaired) electrons. The molecular weight excluding hydrogens is 367 g/mol. The fourth-order valence-corrected chi connectivity index (χ4v) is 3.16. The molecule has 1 aliphatic rings. The minimum absolute atomic E-state index is 0.0721. The van der Waals surface area contributed by atoms with E-state index in [0.29, 0.717) is 0 Å². The first-order valence-electron chi connectivity index (χ1n) is 7.19. The second kappa shape index (κ2) is 6.32. The third-order valence-corrected chi connectivity index (χ3v) is 5.09. The Hall–Kier alpha value is -3.11. The Morgan fingerprint density at radius 3 is 2.19 bits per heavy atom. The Kier molecular flexibility index (Phi) is 4.30. The van der Waals surface area contributed by atoms with Crippen molar-refractivity contribution in [3.8, 4) is 0 Å². The van der Waals surface area contributed by atoms with Crippen molar-refractivity contribution in [2.45, 2.75) is 4.90 Å². The first kappa shape index (κ1) is 17.7. The summed E-state index contributed by atoms with van der Waals surface area (Å²) in [6.07, 6.45) is 0. The van der Waals surface area contributed by atoms with Gasteiger partial charge in [-0.1, -0.05) is 17.2 Å². The van der Waals surface area contributed by atoms with E-state index < -0.39 is 38.5 Å². The number of rotatable bonds is 4. The Labute approximate surface area is 147 Å². The fourth-order valence-electron chi connectivity index (χ4n) is 2.33. The van der Waals surface area contributed by atoms with Gasteiger partial charge in [0, 0.05) is 0 Å². The summed E-state index contributed by atoms with van der Waals surface area (Å²) in [5.41, 5.74) is -0.206. The van der Waals surface area contributed by atoms with Gasteiger partial charge >= 0.3 is 5.97 Å². The molecule has 2 amide bonds. The summed E-state index contributed by atoms with van der Waals surface area (Å²) in [5.74, 6) is -3.92. The van der Waals surface area contributed by atoms with Crippen LogP contribution in [0.5, 0.6) is 0 Å². The number of hydrogen-bond donors (Lipinski definition) is 1. The lowest BCUT2D eigenvalue weighted by Gasteiger charge is -2.13. The monoisotopic (exact) mass is 378 g/mol. The van der Waals surface area contributed by atoms with Crippen LogP contribution in [0, 0.1) is 5.82 Å². The largest absolute Gasteiger partial charge is 0.363 e. The predicted octanol–water partition coefficient (Wildman–Crippen LogP) is 1.10. The van der Waals surface area contributed by atoms with Gasteiger partial charge in [0.25, 0.3) is 11.8 Å². The van der Waals surface area contributed by atoms with Gasteiger partial charge in [0.2, 0.25) is 10.0 Å². The molecule has 10 heteroatoms. The normalized spacial score (nSPS) is 13.7. The Morgan fingerprint density at radius 1 is 1.08 bits per heavy atom. The summed E-state index contributed by atoms with van der Waals surface area (Å²) >= 11 is 0. The molecule has 1 heterocycles. The number of carbonyl (C=O) groups is 3. The van der Waals surface area contributed by atoms with Crippen molar-refractivity contribution in [3.05, 3.63) is 65.0 Å². The number of imide groups is 1. The van der Waals surface area contributed by atoms with E-state index in [2.05, 4.69) is 0 Å². The Bertz CT molecular complexity index is 1020. The molecule has 8 nitrogen and oxygen atoms in total. The summed E-state index contributed by atoms with van der Waals surface area (Å²) in [6, 6.07) is 8.39. The van der Waals surface area contributed by atoms with E-state index in [9.17, 15) is 27.2 Å². The molecule has 0 saturated carbocycles. The zero-order chi connectivity index (χ0) is 19.1. The van der Waals surface area contributed by atoms with E-state index in [1.165, 1.54) is 12.1 Å². The molecule has 0 aromatic heterocycles. The highest BCUT2D eigenvalue weighted by molar-refractivity contribution is 7.89. The molecule has 0 unspecified atom stereocenters. The van der Waals surface area contributed by atoms with Crippen molar-refractivity contribution in [1.29, 1.82) is 0 Å². The van der Waals surface area contributed by atoms with Crippen LogP contribution in [0.25, 0.3) is 0 Å². The van der Waals surface area contributed by atoms with Crippen LogP contribution in [-0.4, -0.2) is 38.3 Å². The molecule has 1 aliphatic heterocycles. The number of benzene rings is 2. The number of hydrogen-bond acceptors (Lipinski definition) is 6. The maximum Gasteiger partial charge on any atom is 0.363 e. The molecule has 0 fully saturated rings. The number of halogens is 1. The third-order valence-electron chi connectivity index (χ3n) is 3.66. The van der Waals surface area contributed by atoms with E-state index in [0.717, 1.165) is 25.2 Å². The molecule has 0 bridgehead atoms. The highest BCUT2D eigenvalue weighted by Crippen LogP contribution is 2.24. The van der Waals surface area contributed by atoms with Crippen LogP contribution in [0.2, 0.25) is 0 Å². The topological polar surface area (TPSA) is 110 Å². The maximum absolute atomic E-state index is 13.7. The highest BCUT2D eigenvalue weighted by Gasteiger charge is 2.39. The number of nitrogens with one attached hydrogen (secondary N) is 1. The molecule has 1 N–H and O–H groups in total. The van der Waals surface area contributed by atoms with Crippen molar-refractivity contribution in [1.82, 2.24) is 9.79 Å². The molecule has 0 saturated heterocycles. The van der Waals surface area contributed by atoms with Crippen LogP contribution in [0.15, 0.2) is 47.4 Å². The minimum atomic E-state index is -4.16. The number of amides is 2. The second-order valence-electron chi connectivity index (χ2n) is 5.18. The molecule has 3 rings (SSSR count). The number of hydroxylamine groups is 2. The molecule has 134 valence electrons. The lowest BCUT2D eigenvalue weighted by atomic mass is 10.1. The molecule has 2 aromatic carbocycles. The van der Waals surface area contributed by atoms with Gasteiger partial charge in [-0.15, -0.1) is 0 Å². The molecular formula is C16H11FN2O6S. The van der Waals surface area contributed by atoms with Crippen molar-refractivity contribution in [2.75, 3.05) is 7.05 Å². The summed E-state index contributed by atoms with van der Waals surface area (Å²) in [6.45, 7) is 0. The Morgan fingerprint density at radius 2 is 1.65 bits per heavy atom. The van der Waals surface area contributed by atoms with E-state index in [4.69, 9.17) is 4.84 Å². The van der Waals surface area contributed by atoms with Gasteiger partial charge in [0.15, 0.2) is 0 Å². The van der Waals surface area contributed by atoms with Crippen LogP contribution >= 0.6 is 0 Å². The third kappa shape index (κ3) is 2.85. The lowest BCUT2D eigenvalue weighted by Crippen LogP contribution is -2.32. The van der Waals surface area contributed by atoms with Crippen LogP contribution in [0.4, 0.5) is 4.39 Å². The van der Waals surface area contributed by atoms with Gasteiger partial charge in [0.05, 0.1) is 16.7 Å². The first-order chi connectivity index (χ1) is 12.3. The molecule has 26 heavy (non-hydrogen) atoms. The number of nitrogens with zero attached hydrogens (tertiary/aromatic N) is 1. The second-order valence-corrected chi connectivity index (χ2v) is 7.04. The number of carbonyl (C=O) groups excluding carboxylic acids is 3. The summed E-state index contributed by atoms with van der Waals surface area (Å²) in [4.78, 5) is 40.6. The molecule has 0 spiro atoms. The van der Waals surface area contributed by atoms with Gasteiger partial charge in [-0.05, 0) is 37.4 Å². The zero-order valence-electron chi connectivity index (χ0n) is 13.2. The van der Waals surface area contributed by atoms with Crippen LogP contribution in [0.3, 0.4) is 0 Å². The van der Waals surface area contributed by atoms with Crippen molar-refractivity contribution < 1.29 is 32.0 Å². The molecule has 0 atom stereocenters. The SMILES string of the molecule is CNS(=O)(=O)c1cc(C(=O)ON2C(=O)c3ccccc3C2=O)ccc1F. The molecule has 2 aromatic rings. The summed E-state index contributed by atoms with van der Waals surface area (Å²) in [7, 11) is -3.08. The number of fused-ring (bicyclic) bond motifs is 1. The van der Waals surface area contributed by atoms with Gasteiger partial charge in [0.1, 0.15) is 10.7 Å². The average Bonchev–Trinajstić information content (AvgIpc) is 2.87. The average molecular weight is 378 g/mol. The van der Waals surface area contributed by atoms with Gasteiger partial charge < -0.3 is 4.84 Å². The molecule has 0 aliphatic carbocycles. The van der Waals surface area contributed by atoms with Crippen LogP contribution < -0.4 is 4.72 Å². The first-order valence-corrected chi connectivity index (χ1v) is 8.68. The van der Waals surface area contributed by atoms with Gasteiger partial charge in [-0.3, -0.25) is 9.59 Å². The van der Waals surface area contributed by atoms with Crippen LogP contribution in [-0.2, 0) is 14.9 Å². The standard InChI is InChI=1S/C16H11FN2O6S/c1-18-26(23,24)13-8-9(6-7-12(13)17)16(22)25-19-14(20)10-4-2-3-5-11(10)15(19)21/h2-8,18H,1H3. The quantitative estimate of drug-likeness (QED) is 0.798. The highest BCUT2D eigenvalue weighted by atomic mass is 32.2. The van der Waals surface area contributed by atoms with E-state index in [-0.39, 0.29) is 21.8 Å². The zero-order valence-corrected chi connectivity index (χ0v) is 14.0. The van der Waals surface area contributed by atoms with E-state index >= 15 is 0 Å². The summed E-state index contributed by atoms with van der Waals surface area (Å²) < 4.78 is 39.2. The van der Waals surface area contributed by atoms with Crippen molar-refractivity contribution in [2.24, 2.45) is 0 Å². The maximum atomic E-state index is 13.7. The van der Waals surface area contributed by atoms with Crippen LogP contribution in [0.1, 0.15) is 31.1 Å². The Balaban J connectivity index is 1.90. The van der Waals surface area contributed by atoms with Gasteiger partial charge in [-0.25, -0.2) is 22.3 Å². The summed E-state index contributed by atoms with van der Waals surface area (Å²) in [5, 5.41) is 0.280. The van der Waals surface area contributed by atoms with E-state index in [1.54, 1.807) is 12.1 Å². The lowest BCUT2D eigenvalue weighted by molar-refractivity contribution is -0.0584. The smallest absolute Gasteiger partial charge is 0.324 e. The minimum Gasteiger partial charge on any atom is -0.324 e. The van der Waals surface area contributed by atoms with E-state index in [1.807, 2.05) is 4.72 Å². The van der Waals surface area contributed by atoms with Crippen molar-refractivity contribution in [3.63, 3.8) is 0 Å². The van der Waals surface area contributed by atoms with Crippen molar-refractivity contribution >= 4 is 27.8 Å². The van der Waals surface area contributed by atoms with Gasteiger partial charge in [-0.2, -0.15) is 0 Å².